The molecule has 0 saturated carbocycles. The summed E-state index contributed by atoms with van der Waals surface area (Å²) in [6.07, 6.45) is 87.3. The molecule has 0 aromatic heterocycles. The third kappa shape index (κ3) is 62.6. The molecule has 0 heterocycles. The normalized spacial score (nSPS) is 14.5. The van der Waals surface area contributed by atoms with Crippen molar-refractivity contribution in [3.8, 4) is 0 Å². The molecule has 79 heavy (non-hydrogen) atoms. The largest absolute Gasteiger partial charge is 0.472 e. The van der Waals surface area contributed by atoms with Crippen molar-refractivity contribution in [2.45, 2.75) is 289 Å². The van der Waals surface area contributed by atoms with Crippen LogP contribution in [0.5, 0.6) is 0 Å². The summed E-state index contributed by atoms with van der Waals surface area (Å²) in [6, 6.07) is -0.769. The number of likely N-dealkylation sites (N-methyl/N-ethyl adjacent to an activating group) is 1. The van der Waals surface area contributed by atoms with Crippen LogP contribution in [0.4, 0.5) is 0 Å². The molecule has 0 aromatic carbocycles. The first-order valence-electron chi connectivity index (χ1n) is 32.8. The van der Waals surface area contributed by atoms with Crippen molar-refractivity contribution in [3.63, 3.8) is 0 Å². The number of phosphoric ester groups is 1. The van der Waals surface area contributed by atoms with E-state index in [9.17, 15) is 19.4 Å². The molecule has 0 aliphatic rings. The van der Waals surface area contributed by atoms with Crippen LogP contribution in [0.1, 0.15) is 277 Å². The number of carbonyl (C=O) groups excluding carboxylic acids is 1. The number of unbranched alkanes of at least 4 members (excludes halogenated alkanes) is 28. The SMILES string of the molecule is CC/C=C\C/C=C\C/C=C\C/C=C\C/C=C\C/C=C\C/C=C\C/C=C\C/C=C\CCCCCCCCCCCCCC(=O)NC(COP(=O)(O)OCC[N+](C)(C)C)C(O)CCCCCCCCCCCCCCCCCCCC. The molecule has 0 saturated heterocycles. The second kappa shape index (κ2) is 59.8. The van der Waals surface area contributed by atoms with Crippen molar-refractivity contribution < 1.29 is 32.9 Å². The fourth-order valence-corrected chi connectivity index (χ4v) is 9.95. The van der Waals surface area contributed by atoms with Crippen LogP contribution in [0.3, 0.4) is 0 Å². The molecule has 0 aliphatic carbocycles. The molecular formula is C70H126N2O6P+. The summed E-state index contributed by atoms with van der Waals surface area (Å²) in [5, 5.41) is 14.1. The number of quaternary nitrogens is 1. The highest BCUT2D eigenvalue weighted by Crippen LogP contribution is 2.43. The first-order chi connectivity index (χ1) is 38.5. The maximum atomic E-state index is 13.0. The lowest BCUT2D eigenvalue weighted by Gasteiger charge is -2.26. The second-order valence-electron chi connectivity index (χ2n) is 23.1. The lowest BCUT2D eigenvalue weighted by atomic mass is 10.0. The topological polar surface area (TPSA) is 105 Å². The minimum absolute atomic E-state index is 0.0704. The Morgan fingerprint density at radius 2 is 0.759 bits per heavy atom. The molecule has 456 valence electrons. The van der Waals surface area contributed by atoms with Crippen LogP contribution in [0.25, 0.3) is 0 Å². The van der Waals surface area contributed by atoms with Gasteiger partial charge in [-0.25, -0.2) is 4.57 Å². The van der Waals surface area contributed by atoms with E-state index in [-0.39, 0.29) is 19.1 Å². The number of rotatable bonds is 59. The summed E-state index contributed by atoms with van der Waals surface area (Å²) in [7, 11) is 1.61. The number of nitrogens with one attached hydrogen (secondary N) is 1. The molecule has 0 spiro atoms. The van der Waals surface area contributed by atoms with Crippen molar-refractivity contribution in [2.24, 2.45) is 0 Å². The Bertz CT molecular complexity index is 1650. The lowest BCUT2D eigenvalue weighted by molar-refractivity contribution is -0.870. The van der Waals surface area contributed by atoms with Gasteiger partial charge in [0.2, 0.25) is 5.91 Å². The van der Waals surface area contributed by atoms with Gasteiger partial charge < -0.3 is 19.8 Å². The third-order valence-electron chi connectivity index (χ3n) is 14.3. The van der Waals surface area contributed by atoms with Crippen LogP contribution in [0.15, 0.2) is 109 Å². The Balaban J connectivity index is 4.07. The molecule has 8 nitrogen and oxygen atoms in total. The smallest absolute Gasteiger partial charge is 0.391 e. The van der Waals surface area contributed by atoms with Crippen LogP contribution < -0.4 is 5.32 Å². The van der Waals surface area contributed by atoms with Gasteiger partial charge in [0.15, 0.2) is 0 Å². The van der Waals surface area contributed by atoms with Gasteiger partial charge in [-0.15, -0.1) is 0 Å². The van der Waals surface area contributed by atoms with Crippen molar-refractivity contribution in [1.82, 2.24) is 5.32 Å². The summed E-state index contributed by atoms with van der Waals surface area (Å²) < 4.78 is 23.8. The molecule has 0 fully saturated rings. The first kappa shape index (κ1) is 76.2. The van der Waals surface area contributed by atoms with Gasteiger partial charge in [-0.3, -0.25) is 13.8 Å². The van der Waals surface area contributed by atoms with Crippen molar-refractivity contribution in [1.29, 1.82) is 0 Å². The highest BCUT2D eigenvalue weighted by atomic mass is 31.2. The summed E-state index contributed by atoms with van der Waals surface area (Å²) in [5.74, 6) is -0.149. The highest BCUT2D eigenvalue weighted by Gasteiger charge is 2.28. The van der Waals surface area contributed by atoms with Gasteiger partial charge in [-0.2, -0.15) is 0 Å². The Kier molecular flexibility index (Phi) is 57.6. The van der Waals surface area contributed by atoms with Crippen molar-refractivity contribution in [2.75, 3.05) is 40.9 Å². The third-order valence-corrected chi connectivity index (χ3v) is 15.3. The molecule has 0 radical (unpaired) electrons. The standard InChI is InChI=1S/C70H125N2O6P/c1-6-8-10-12-14-16-18-20-22-24-26-27-28-29-30-31-32-33-34-35-36-37-38-39-40-41-42-43-44-45-46-48-50-52-54-56-58-60-62-64-70(74)71-68(67-78-79(75,76)77-66-65-72(3,4)5)69(73)63-61-59-57-55-53-51-49-47-25-23-21-19-17-15-13-11-9-7-2/h8,10,14,16,20,22,26-27,29-30,32-33,35-36,38-39,41-42,68-69,73H,6-7,9,11-13,15,17-19,21,23-25,28,31,34,37,40,43-67H2,1-5H3,(H-,71,74,75,76)/p+1/b10-8-,16-14-,22-20-,27-26-,30-29-,33-32-,36-35-,39-38-,42-41-. The number of aliphatic hydroxyl groups is 1. The van der Waals surface area contributed by atoms with Crippen LogP contribution >= 0.6 is 7.82 Å². The Morgan fingerprint density at radius 1 is 0.443 bits per heavy atom. The Labute approximate surface area is 489 Å². The lowest BCUT2D eigenvalue weighted by Crippen LogP contribution is -2.46. The molecule has 0 aliphatic heterocycles. The van der Waals surface area contributed by atoms with Gasteiger partial charge in [0.05, 0.1) is 39.9 Å². The summed E-state index contributed by atoms with van der Waals surface area (Å²) >= 11 is 0. The molecule has 0 aromatic rings. The van der Waals surface area contributed by atoms with Gasteiger partial charge in [0.25, 0.3) is 0 Å². The number of hydrogen-bond donors (Lipinski definition) is 3. The van der Waals surface area contributed by atoms with Crippen LogP contribution in [0.2, 0.25) is 0 Å². The summed E-state index contributed by atoms with van der Waals surface area (Å²) in [6.45, 7) is 4.79. The molecular weight excluding hydrogens is 996 g/mol. The van der Waals surface area contributed by atoms with Crippen LogP contribution in [0, 0.1) is 0 Å². The molecule has 3 N–H and O–H groups in total. The van der Waals surface area contributed by atoms with Gasteiger partial charge in [-0.1, -0.05) is 297 Å². The zero-order valence-corrected chi connectivity index (χ0v) is 53.0. The zero-order valence-electron chi connectivity index (χ0n) is 52.1. The van der Waals surface area contributed by atoms with E-state index in [4.69, 9.17) is 9.05 Å². The highest BCUT2D eigenvalue weighted by molar-refractivity contribution is 7.47. The average Bonchev–Trinajstić information content (AvgIpc) is 3.42. The molecule has 3 atom stereocenters. The van der Waals surface area contributed by atoms with Crippen LogP contribution in [-0.2, 0) is 18.4 Å². The van der Waals surface area contributed by atoms with Gasteiger partial charge in [-0.05, 0) is 83.5 Å². The number of hydrogen-bond acceptors (Lipinski definition) is 5. The van der Waals surface area contributed by atoms with E-state index in [0.29, 0.717) is 23.9 Å². The Hall–Kier alpha value is -2.84. The predicted octanol–water partition coefficient (Wildman–Crippen LogP) is 20.7. The van der Waals surface area contributed by atoms with E-state index in [0.717, 1.165) is 96.3 Å². The van der Waals surface area contributed by atoms with E-state index >= 15 is 0 Å². The second-order valence-corrected chi connectivity index (χ2v) is 24.6. The molecule has 3 unspecified atom stereocenters. The van der Waals surface area contributed by atoms with E-state index in [1.165, 1.54) is 154 Å². The fourth-order valence-electron chi connectivity index (χ4n) is 9.22. The average molecular weight is 1120 g/mol. The zero-order chi connectivity index (χ0) is 57.7. The van der Waals surface area contributed by atoms with Crippen LogP contribution in [-0.4, -0.2) is 73.4 Å². The van der Waals surface area contributed by atoms with Gasteiger partial charge in [0.1, 0.15) is 13.2 Å². The monoisotopic (exact) mass is 1120 g/mol. The van der Waals surface area contributed by atoms with E-state index in [1.54, 1.807) is 0 Å². The van der Waals surface area contributed by atoms with E-state index < -0.39 is 20.0 Å². The van der Waals surface area contributed by atoms with Gasteiger partial charge in [0, 0.05) is 6.42 Å². The quantitative estimate of drug-likeness (QED) is 0.0243. The summed E-state index contributed by atoms with van der Waals surface area (Å²) in [4.78, 5) is 23.4. The van der Waals surface area contributed by atoms with Crippen molar-refractivity contribution in [3.05, 3.63) is 109 Å². The first-order valence-corrected chi connectivity index (χ1v) is 34.2. The molecule has 0 rings (SSSR count). The van der Waals surface area contributed by atoms with Gasteiger partial charge >= 0.3 is 7.82 Å². The van der Waals surface area contributed by atoms with Crippen molar-refractivity contribution >= 4 is 13.7 Å². The Morgan fingerprint density at radius 3 is 1.11 bits per heavy atom. The maximum Gasteiger partial charge on any atom is 0.472 e. The minimum atomic E-state index is -4.33. The fraction of sp³-hybridized carbons (Fsp3) is 0.729. The number of allylic oxidation sites excluding steroid dienone is 18. The maximum absolute atomic E-state index is 13.0. The molecule has 9 heteroatoms. The minimum Gasteiger partial charge on any atom is -0.391 e. The molecule has 0 bridgehead atoms. The van der Waals surface area contributed by atoms with E-state index in [1.807, 2.05) is 21.1 Å². The number of carbonyl (C=O) groups is 1. The predicted molar refractivity (Wildman–Crippen MR) is 345 cm³/mol. The summed E-state index contributed by atoms with van der Waals surface area (Å²) in [5.41, 5.74) is 0. The number of aliphatic hydroxyl groups excluding tert-OH is 1. The molecule has 1 amide bonds. The number of amides is 1. The number of phosphoric acid groups is 1. The van der Waals surface area contributed by atoms with E-state index in [2.05, 4.69) is 129 Å². The number of nitrogens with zero attached hydrogens (tertiary/aromatic N) is 1.